The number of carboxylic acids is 1. The predicted octanol–water partition coefficient (Wildman–Crippen LogP) is 1.02. The highest BCUT2D eigenvalue weighted by atomic mass is 16.7. The highest BCUT2D eigenvalue weighted by Gasteiger charge is 2.16. The third-order valence-corrected chi connectivity index (χ3v) is 2.81. The molecular weight excluding hydrogens is 222 g/mol. The van der Waals surface area contributed by atoms with Crippen LogP contribution in [0.25, 0.3) is 0 Å². The van der Waals surface area contributed by atoms with Gasteiger partial charge >= 0.3 is 5.97 Å². The molecule has 1 aliphatic rings. The number of nitrogens with one attached hydrogen (secondary N) is 1. The van der Waals surface area contributed by atoms with Gasteiger partial charge in [-0.25, -0.2) is 0 Å². The third kappa shape index (κ3) is 2.68. The molecule has 1 aliphatic heterocycles. The number of hydrogen-bond donors (Lipinski definition) is 2. The van der Waals surface area contributed by atoms with Crippen molar-refractivity contribution in [1.29, 1.82) is 0 Å². The molecule has 92 valence electrons. The zero-order chi connectivity index (χ0) is 12.3. The zero-order valence-electron chi connectivity index (χ0n) is 9.60. The molecule has 0 aliphatic carbocycles. The lowest BCUT2D eigenvalue weighted by Gasteiger charge is -2.10. The second kappa shape index (κ2) is 5.05. The Bertz CT molecular complexity index is 419. The molecule has 0 spiro atoms. The zero-order valence-corrected chi connectivity index (χ0v) is 9.60. The van der Waals surface area contributed by atoms with Crippen LogP contribution >= 0.6 is 0 Å². The molecule has 5 nitrogen and oxygen atoms in total. The van der Waals surface area contributed by atoms with Crippen molar-refractivity contribution >= 4 is 5.97 Å². The molecule has 0 amide bonds. The molecule has 2 rings (SSSR count). The van der Waals surface area contributed by atoms with Crippen LogP contribution in [0.2, 0.25) is 0 Å². The van der Waals surface area contributed by atoms with Crippen molar-refractivity contribution in [3.63, 3.8) is 0 Å². The molecule has 0 fully saturated rings. The normalized spacial score (nSPS) is 14.6. The first-order chi connectivity index (χ1) is 8.20. The van der Waals surface area contributed by atoms with Gasteiger partial charge < -0.3 is 19.9 Å². The fraction of sp³-hybridized carbons (Fsp3) is 0.417. The number of rotatable bonds is 5. The van der Waals surface area contributed by atoms with Crippen LogP contribution in [0, 0.1) is 0 Å². The highest BCUT2D eigenvalue weighted by molar-refractivity contribution is 5.73. The number of hydrogen-bond acceptors (Lipinski definition) is 4. The Morgan fingerprint density at radius 3 is 2.94 bits per heavy atom. The summed E-state index contributed by atoms with van der Waals surface area (Å²) in [6.07, 6.45) is 1.24. The number of ether oxygens (including phenoxy) is 2. The number of aryl methyl sites for hydroxylation is 1. The van der Waals surface area contributed by atoms with Gasteiger partial charge in [-0.05, 0) is 37.6 Å². The van der Waals surface area contributed by atoms with Crippen LogP contribution in [0.15, 0.2) is 18.2 Å². The molecule has 1 unspecified atom stereocenters. The van der Waals surface area contributed by atoms with Crippen LogP contribution < -0.4 is 14.8 Å². The summed E-state index contributed by atoms with van der Waals surface area (Å²) in [4.78, 5) is 10.8. The fourth-order valence-electron chi connectivity index (χ4n) is 1.80. The van der Waals surface area contributed by atoms with Crippen LogP contribution in [0.5, 0.6) is 11.5 Å². The van der Waals surface area contributed by atoms with E-state index in [1.54, 1.807) is 7.05 Å². The minimum absolute atomic E-state index is 0.257. The van der Waals surface area contributed by atoms with Crippen LogP contribution in [0.3, 0.4) is 0 Å². The summed E-state index contributed by atoms with van der Waals surface area (Å²) < 4.78 is 10.5. The minimum atomic E-state index is -0.826. The first kappa shape index (κ1) is 11.7. The van der Waals surface area contributed by atoms with E-state index in [0.717, 1.165) is 17.1 Å². The van der Waals surface area contributed by atoms with E-state index >= 15 is 0 Å². The maximum absolute atomic E-state index is 10.8. The predicted molar refractivity (Wildman–Crippen MR) is 61.4 cm³/mol. The van der Waals surface area contributed by atoms with Crippen molar-refractivity contribution in [2.24, 2.45) is 0 Å². The van der Waals surface area contributed by atoms with Crippen molar-refractivity contribution in [2.75, 3.05) is 13.8 Å². The van der Waals surface area contributed by atoms with E-state index in [4.69, 9.17) is 14.6 Å². The topological polar surface area (TPSA) is 67.8 Å². The Morgan fingerprint density at radius 1 is 1.47 bits per heavy atom. The molecule has 2 N–H and O–H groups in total. The molecule has 5 heteroatoms. The van der Waals surface area contributed by atoms with E-state index in [1.807, 2.05) is 18.2 Å². The van der Waals surface area contributed by atoms with Crippen molar-refractivity contribution in [2.45, 2.75) is 18.9 Å². The number of carbonyl (C=O) groups is 1. The van der Waals surface area contributed by atoms with Crippen molar-refractivity contribution in [3.8, 4) is 11.5 Å². The summed E-state index contributed by atoms with van der Waals surface area (Å²) in [5.41, 5.74) is 1.05. The van der Waals surface area contributed by atoms with Gasteiger partial charge in [0, 0.05) is 0 Å². The van der Waals surface area contributed by atoms with Crippen LogP contribution in [0.4, 0.5) is 0 Å². The largest absolute Gasteiger partial charge is 0.480 e. The van der Waals surface area contributed by atoms with Gasteiger partial charge in [-0.15, -0.1) is 0 Å². The first-order valence-corrected chi connectivity index (χ1v) is 5.49. The molecule has 1 aromatic carbocycles. The molecule has 0 aromatic heterocycles. The summed E-state index contributed by atoms with van der Waals surface area (Å²) in [5, 5.41) is 11.7. The molecule has 17 heavy (non-hydrogen) atoms. The molecule has 0 saturated heterocycles. The lowest BCUT2D eigenvalue weighted by atomic mass is 10.0. The van der Waals surface area contributed by atoms with E-state index in [-0.39, 0.29) is 6.79 Å². The fourth-order valence-corrected chi connectivity index (χ4v) is 1.80. The Hall–Kier alpha value is -1.75. The molecule has 0 radical (unpaired) electrons. The van der Waals surface area contributed by atoms with Gasteiger partial charge in [-0.2, -0.15) is 0 Å². The molecule has 0 bridgehead atoms. The smallest absolute Gasteiger partial charge is 0.320 e. The van der Waals surface area contributed by atoms with Gasteiger partial charge in [0.25, 0.3) is 0 Å². The molecular formula is C12H15NO4. The van der Waals surface area contributed by atoms with E-state index < -0.39 is 12.0 Å². The average molecular weight is 237 g/mol. The van der Waals surface area contributed by atoms with Gasteiger partial charge in [-0.3, -0.25) is 4.79 Å². The van der Waals surface area contributed by atoms with Gasteiger partial charge in [0.15, 0.2) is 11.5 Å². The minimum Gasteiger partial charge on any atom is -0.480 e. The highest BCUT2D eigenvalue weighted by Crippen LogP contribution is 2.32. The van der Waals surface area contributed by atoms with Gasteiger partial charge in [0.1, 0.15) is 6.04 Å². The second-order valence-electron chi connectivity index (χ2n) is 3.91. The van der Waals surface area contributed by atoms with E-state index in [9.17, 15) is 4.79 Å². The lowest BCUT2D eigenvalue weighted by molar-refractivity contribution is -0.139. The Morgan fingerprint density at radius 2 is 2.24 bits per heavy atom. The standard InChI is InChI=1S/C12H15NO4/c1-13-9(12(14)15)4-2-8-3-5-10-11(6-8)17-7-16-10/h3,5-6,9,13H,2,4,7H2,1H3,(H,14,15). The molecule has 1 heterocycles. The summed E-state index contributed by atoms with van der Waals surface area (Å²) >= 11 is 0. The molecule has 1 atom stereocenters. The second-order valence-corrected chi connectivity index (χ2v) is 3.91. The van der Waals surface area contributed by atoms with Gasteiger partial charge in [0.2, 0.25) is 6.79 Å². The summed E-state index contributed by atoms with van der Waals surface area (Å²) in [6, 6.07) is 5.17. The van der Waals surface area contributed by atoms with Crippen LogP contribution in [0.1, 0.15) is 12.0 Å². The summed E-state index contributed by atoms with van der Waals surface area (Å²) in [7, 11) is 1.65. The number of carboxylic acid groups (broad SMARTS) is 1. The van der Waals surface area contributed by atoms with Gasteiger partial charge in [-0.1, -0.05) is 6.07 Å². The lowest BCUT2D eigenvalue weighted by Crippen LogP contribution is -2.34. The maximum atomic E-state index is 10.8. The average Bonchev–Trinajstić information content (AvgIpc) is 2.76. The van der Waals surface area contributed by atoms with Crippen LogP contribution in [-0.4, -0.2) is 31.0 Å². The Labute approximate surface area is 99.3 Å². The van der Waals surface area contributed by atoms with E-state index in [2.05, 4.69) is 5.32 Å². The maximum Gasteiger partial charge on any atom is 0.320 e. The number of benzene rings is 1. The monoisotopic (exact) mass is 237 g/mol. The van der Waals surface area contributed by atoms with E-state index in [1.165, 1.54) is 0 Å². The Balaban J connectivity index is 1.97. The quantitative estimate of drug-likeness (QED) is 0.800. The van der Waals surface area contributed by atoms with E-state index in [0.29, 0.717) is 12.8 Å². The molecule has 0 saturated carbocycles. The van der Waals surface area contributed by atoms with Crippen molar-refractivity contribution in [1.82, 2.24) is 5.32 Å². The molecule has 1 aromatic rings. The third-order valence-electron chi connectivity index (χ3n) is 2.81. The van der Waals surface area contributed by atoms with Crippen LogP contribution in [-0.2, 0) is 11.2 Å². The first-order valence-electron chi connectivity index (χ1n) is 5.49. The number of aliphatic carboxylic acids is 1. The van der Waals surface area contributed by atoms with Crippen molar-refractivity contribution in [3.05, 3.63) is 23.8 Å². The van der Waals surface area contributed by atoms with Gasteiger partial charge in [0.05, 0.1) is 0 Å². The number of likely N-dealkylation sites (N-methyl/N-ethyl adjacent to an activating group) is 1. The van der Waals surface area contributed by atoms with Crippen molar-refractivity contribution < 1.29 is 19.4 Å². The SMILES string of the molecule is CNC(CCc1ccc2c(c1)OCO2)C(=O)O. The Kier molecular flexibility index (Phi) is 3.49. The number of fused-ring (bicyclic) bond motifs is 1. The summed E-state index contributed by atoms with van der Waals surface area (Å²) in [5.74, 6) is 0.657. The summed E-state index contributed by atoms with van der Waals surface area (Å²) in [6.45, 7) is 0.257.